The van der Waals surface area contributed by atoms with E-state index >= 15 is 0 Å². The highest BCUT2D eigenvalue weighted by Gasteiger charge is 2.12. The summed E-state index contributed by atoms with van der Waals surface area (Å²) in [6.07, 6.45) is 0. The van der Waals surface area contributed by atoms with E-state index < -0.39 is 0 Å². The van der Waals surface area contributed by atoms with Gasteiger partial charge in [0.15, 0.2) is 4.34 Å². The van der Waals surface area contributed by atoms with Gasteiger partial charge in [-0.25, -0.2) is 0 Å². The van der Waals surface area contributed by atoms with E-state index in [2.05, 4.69) is 29.4 Å². The predicted molar refractivity (Wildman–Crippen MR) is 82.5 cm³/mol. The number of thioether (sulfide) groups is 1. The first kappa shape index (κ1) is 14.5. The number of amides is 1. The zero-order chi connectivity index (χ0) is 13.8. The van der Waals surface area contributed by atoms with Crippen LogP contribution in [0.15, 0.2) is 15.8 Å². The van der Waals surface area contributed by atoms with Crippen molar-refractivity contribution in [3.8, 4) is 0 Å². The molecule has 0 saturated carbocycles. The van der Waals surface area contributed by atoms with Gasteiger partial charge in [-0.15, -0.1) is 21.5 Å². The largest absolute Gasteiger partial charge is 0.296 e. The molecule has 0 atom stereocenters. The number of aromatic nitrogens is 2. The number of anilines is 1. The third-order valence-corrected chi connectivity index (χ3v) is 5.57. The molecule has 2 aromatic heterocycles. The minimum Gasteiger partial charge on any atom is -0.296 e. The first-order valence-electron chi connectivity index (χ1n) is 5.87. The van der Waals surface area contributed by atoms with Crippen molar-refractivity contribution in [2.24, 2.45) is 5.92 Å². The second-order valence-electron chi connectivity index (χ2n) is 4.52. The van der Waals surface area contributed by atoms with Gasteiger partial charge in [0.2, 0.25) is 5.13 Å². The molecule has 0 bridgehead atoms. The Balaban J connectivity index is 1.94. The van der Waals surface area contributed by atoms with E-state index in [0.29, 0.717) is 15.9 Å². The van der Waals surface area contributed by atoms with Crippen LogP contribution in [0.2, 0.25) is 0 Å². The Hall–Kier alpha value is -0.920. The van der Waals surface area contributed by atoms with E-state index in [1.54, 1.807) is 11.8 Å². The van der Waals surface area contributed by atoms with Gasteiger partial charge in [-0.1, -0.05) is 36.9 Å². The molecule has 102 valence electrons. The maximum atomic E-state index is 11.9. The van der Waals surface area contributed by atoms with Crippen LogP contribution in [0.4, 0.5) is 5.13 Å². The maximum absolute atomic E-state index is 11.9. The summed E-state index contributed by atoms with van der Waals surface area (Å²) in [5.74, 6) is 1.50. The number of aryl methyl sites for hydroxylation is 1. The van der Waals surface area contributed by atoms with Crippen LogP contribution in [-0.4, -0.2) is 21.9 Å². The fourth-order valence-electron chi connectivity index (χ4n) is 1.27. The molecule has 0 unspecified atom stereocenters. The molecular weight excluding hydrogens is 298 g/mol. The second-order valence-corrected chi connectivity index (χ2v) is 7.68. The lowest BCUT2D eigenvalue weighted by Gasteiger charge is -1.99. The number of carbonyl (C=O) groups excluding carboxylic acids is 1. The quantitative estimate of drug-likeness (QED) is 0.671. The van der Waals surface area contributed by atoms with Gasteiger partial charge in [-0.2, -0.15) is 0 Å². The van der Waals surface area contributed by atoms with Gasteiger partial charge in [0.1, 0.15) is 0 Å². The Bertz CT molecular complexity index is 562. The van der Waals surface area contributed by atoms with Crippen molar-refractivity contribution in [2.75, 3.05) is 11.1 Å². The second kappa shape index (κ2) is 6.49. The fourth-order valence-corrected chi connectivity index (χ4v) is 3.78. The average molecular weight is 313 g/mol. The molecule has 2 rings (SSSR count). The van der Waals surface area contributed by atoms with Crippen molar-refractivity contribution in [3.05, 3.63) is 21.9 Å². The molecule has 0 fully saturated rings. The first-order valence-corrected chi connectivity index (χ1v) is 8.55. The van der Waals surface area contributed by atoms with Crippen LogP contribution in [0.25, 0.3) is 0 Å². The highest BCUT2D eigenvalue weighted by Crippen LogP contribution is 2.27. The summed E-state index contributed by atoms with van der Waals surface area (Å²) in [4.78, 5) is 12.6. The summed E-state index contributed by atoms with van der Waals surface area (Å²) in [5, 5.41) is 13.3. The predicted octanol–water partition coefficient (Wildman–Crippen LogP) is 3.91. The normalized spacial score (nSPS) is 10.9. The highest BCUT2D eigenvalue weighted by molar-refractivity contribution is 8.01. The van der Waals surface area contributed by atoms with E-state index in [4.69, 9.17) is 0 Å². The van der Waals surface area contributed by atoms with Crippen LogP contribution in [0.3, 0.4) is 0 Å². The lowest BCUT2D eigenvalue weighted by Crippen LogP contribution is -2.09. The minimum atomic E-state index is -0.116. The summed E-state index contributed by atoms with van der Waals surface area (Å²) in [5.41, 5.74) is 1.10. The summed E-state index contributed by atoms with van der Waals surface area (Å²) in [6.45, 7) is 6.30. The molecule has 2 aromatic rings. The number of carbonyl (C=O) groups is 1. The SMILES string of the molecule is Cc1csc(C(=O)Nc2nnc(SCC(C)C)s2)c1. The van der Waals surface area contributed by atoms with Gasteiger partial charge in [0.25, 0.3) is 5.91 Å². The molecule has 0 spiro atoms. The molecule has 0 aliphatic heterocycles. The number of rotatable bonds is 5. The first-order chi connectivity index (χ1) is 9.04. The van der Waals surface area contributed by atoms with E-state index in [1.807, 2.05) is 18.4 Å². The molecule has 7 heteroatoms. The van der Waals surface area contributed by atoms with Crippen molar-refractivity contribution in [1.29, 1.82) is 0 Å². The zero-order valence-electron chi connectivity index (χ0n) is 11.0. The number of thiophene rings is 1. The zero-order valence-corrected chi connectivity index (χ0v) is 13.4. The Labute approximate surface area is 124 Å². The molecule has 0 aromatic carbocycles. The third kappa shape index (κ3) is 4.29. The van der Waals surface area contributed by atoms with Crippen molar-refractivity contribution < 1.29 is 4.79 Å². The van der Waals surface area contributed by atoms with Gasteiger partial charge in [-0.3, -0.25) is 10.1 Å². The van der Waals surface area contributed by atoms with Crippen molar-refractivity contribution in [3.63, 3.8) is 0 Å². The van der Waals surface area contributed by atoms with E-state index in [0.717, 1.165) is 15.7 Å². The van der Waals surface area contributed by atoms with Gasteiger partial charge in [0, 0.05) is 5.75 Å². The lowest BCUT2D eigenvalue weighted by atomic mass is 10.3. The topological polar surface area (TPSA) is 54.9 Å². The van der Waals surface area contributed by atoms with Crippen LogP contribution in [0.1, 0.15) is 29.1 Å². The van der Waals surface area contributed by atoms with Crippen LogP contribution >= 0.6 is 34.4 Å². The fraction of sp³-hybridized carbons (Fsp3) is 0.417. The number of hydrogen-bond donors (Lipinski definition) is 1. The summed E-state index contributed by atoms with van der Waals surface area (Å²) < 4.78 is 0.895. The van der Waals surface area contributed by atoms with Crippen LogP contribution in [0.5, 0.6) is 0 Å². The molecular formula is C12H15N3OS3. The van der Waals surface area contributed by atoms with Gasteiger partial charge < -0.3 is 0 Å². The van der Waals surface area contributed by atoms with Gasteiger partial charge >= 0.3 is 0 Å². The van der Waals surface area contributed by atoms with Gasteiger partial charge in [-0.05, 0) is 29.9 Å². The van der Waals surface area contributed by atoms with Crippen molar-refractivity contribution in [1.82, 2.24) is 10.2 Å². The monoisotopic (exact) mass is 313 g/mol. The number of hydrogen-bond acceptors (Lipinski definition) is 6. The van der Waals surface area contributed by atoms with E-state index in [1.165, 1.54) is 22.7 Å². The molecule has 0 aliphatic carbocycles. The lowest BCUT2D eigenvalue weighted by molar-refractivity contribution is 0.103. The summed E-state index contributed by atoms with van der Waals surface area (Å²) >= 11 is 4.53. The third-order valence-electron chi connectivity index (χ3n) is 2.12. The van der Waals surface area contributed by atoms with Crippen LogP contribution in [0, 0.1) is 12.8 Å². The molecule has 1 amide bonds. The Morgan fingerprint density at radius 3 is 2.89 bits per heavy atom. The smallest absolute Gasteiger partial charge is 0.267 e. The van der Waals surface area contributed by atoms with Crippen molar-refractivity contribution in [2.45, 2.75) is 25.1 Å². The Morgan fingerprint density at radius 1 is 1.47 bits per heavy atom. The molecule has 4 nitrogen and oxygen atoms in total. The minimum absolute atomic E-state index is 0.116. The van der Waals surface area contributed by atoms with Crippen LogP contribution < -0.4 is 5.32 Å². The Kier molecular flexibility index (Phi) is 4.95. The molecule has 0 aliphatic rings. The maximum Gasteiger partial charge on any atom is 0.267 e. The van der Waals surface area contributed by atoms with E-state index in [9.17, 15) is 4.79 Å². The molecule has 1 N–H and O–H groups in total. The molecule has 0 radical (unpaired) electrons. The van der Waals surface area contributed by atoms with E-state index in [-0.39, 0.29) is 5.91 Å². The average Bonchev–Trinajstić information content (AvgIpc) is 2.95. The number of nitrogens with zero attached hydrogens (tertiary/aromatic N) is 2. The molecule has 19 heavy (non-hydrogen) atoms. The highest BCUT2D eigenvalue weighted by atomic mass is 32.2. The number of nitrogens with one attached hydrogen (secondary N) is 1. The summed E-state index contributed by atoms with van der Waals surface area (Å²) in [6, 6.07) is 1.87. The van der Waals surface area contributed by atoms with Gasteiger partial charge in [0.05, 0.1) is 4.88 Å². The van der Waals surface area contributed by atoms with Crippen LogP contribution in [-0.2, 0) is 0 Å². The van der Waals surface area contributed by atoms with Crippen molar-refractivity contribution >= 4 is 45.5 Å². The molecule has 0 saturated heterocycles. The standard InChI is InChI=1S/C12H15N3OS3/c1-7(2)5-18-12-15-14-11(19-12)13-10(16)9-4-8(3)6-17-9/h4,6-7H,5H2,1-3H3,(H,13,14,16). The summed E-state index contributed by atoms with van der Waals surface area (Å²) in [7, 11) is 0. The Morgan fingerprint density at radius 2 is 2.26 bits per heavy atom. The molecule has 2 heterocycles.